The Morgan fingerprint density at radius 3 is 2.84 bits per heavy atom. The molecule has 1 amide bonds. The predicted molar refractivity (Wildman–Crippen MR) is 124 cm³/mol. The van der Waals surface area contributed by atoms with Crippen molar-refractivity contribution in [2.24, 2.45) is 5.92 Å². The standard InChI is InChI=1S/C24H33ClN4O2/c1-5-28(16-19-9-7-13-29(17-19)23(30)31-24(2,3)4)15-18-8-6-10-20(14-18)21-11-12-26-22(25)27-21/h6,8,10-12,14,19H,5,7,9,13,15-17H2,1-4H3. The Hall–Kier alpha value is -2.18. The largest absolute Gasteiger partial charge is 0.444 e. The second-order valence-electron chi connectivity index (χ2n) is 9.17. The van der Waals surface area contributed by atoms with Crippen molar-refractivity contribution in [1.29, 1.82) is 0 Å². The van der Waals surface area contributed by atoms with Crippen LogP contribution in [-0.4, -0.2) is 57.6 Å². The molecule has 1 fully saturated rings. The van der Waals surface area contributed by atoms with Gasteiger partial charge in [0.2, 0.25) is 5.28 Å². The van der Waals surface area contributed by atoms with Crippen LogP contribution in [0.3, 0.4) is 0 Å². The molecule has 1 aliphatic heterocycles. The summed E-state index contributed by atoms with van der Waals surface area (Å²) in [5.74, 6) is 0.449. The van der Waals surface area contributed by atoms with E-state index in [1.807, 2.05) is 37.8 Å². The van der Waals surface area contributed by atoms with Gasteiger partial charge in [0, 0.05) is 37.9 Å². The van der Waals surface area contributed by atoms with E-state index in [9.17, 15) is 4.79 Å². The van der Waals surface area contributed by atoms with Gasteiger partial charge in [-0.3, -0.25) is 4.90 Å². The van der Waals surface area contributed by atoms with E-state index in [2.05, 4.69) is 40.0 Å². The van der Waals surface area contributed by atoms with E-state index in [1.54, 1.807) is 6.20 Å². The van der Waals surface area contributed by atoms with Gasteiger partial charge in [-0.2, -0.15) is 0 Å². The number of benzene rings is 1. The van der Waals surface area contributed by atoms with Crippen molar-refractivity contribution < 1.29 is 9.53 Å². The second kappa shape index (κ2) is 10.4. The number of aromatic nitrogens is 2. The molecule has 6 nitrogen and oxygen atoms in total. The van der Waals surface area contributed by atoms with Crippen molar-refractivity contribution in [3.05, 3.63) is 47.4 Å². The Bertz CT molecular complexity index is 884. The van der Waals surface area contributed by atoms with E-state index < -0.39 is 5.60 Å². The van der Waals surface area contributed by atoms with Crippen LogP contribution >= 0.6 is 11.6 Å². The van der Waals surface area contributed by atoms with E-state index >= 15 is 0 Å². The first kappa shape index (κ1) is 23.5. The monoisotopic (exact) mass is 444 g/mol. The van der Waals surface area contributed by atoms with Gasteiger partial charge in [-0.05, 0) is 75.4 Å². The minimum Gasteiger partial charge on any atom is -0.444 e. The summed E-state index contributed by atoms with van der Waals surface area (Å²) in [6.07, 6.45) is 3.63. The first-order chi connectivity index (χ1) is 14.7. The van der Waals surface area contributed by atoms with Crippen molar-refractivity contribution in [2.75, 3.05) is 26.2 Å². The van der Waals surface area contributed by atoms with Crippen LogP contribution < -0.4 is 0 Å². The minimum atomic E-state index is -0.460. The Labute approximate surface area is 190 Å². The lowest BCUT2D eigenvalue weighted by atomic mass is 9.97. The number of carbonyl (C=O) groups is 1. The van der Waals surface area contributed by atoms with Gasteiger partial charge in [0.15, 0.2) is 0 Å². The smallest absolute Gasteiger partial charge is 0.410 e. The third kappa shape index (κ3) is 7.18. The minimum absolute atomic E-state index is 0.198. The molecule has 168 valence electrons. The highest BCUT2D eigenvalue weighted by atomic mass is 35.5. The first-order valence-electron chi connectivity index (χ1n) is 11.0. The molecule has 1 unspecified atom stereocenters. The second-order valence-corrected chi connectivity index (χ2v) is 9.51. The van der Waals surface area contributed by atoms with Gasteiger partial charge in [0.1, 0.15) is 5.60 Å². The molecule has 1 aromatic heterocycles. The number of halogens is 1. The molecule has 1 atom stereocenters. The fourth-order valence-electron chi connectivity index (χ4n) is 3.96. The van der Waals surface area contributed by atoms with Crippen molar-refractivity contribution >= 4 is 17.7 Å². The molecule has 1 aliphatic rings. The molecular formula is C24H33ClN4O2. The zero-order chi connectivity index (χ0) is 22.4. The molecular weight excluding hydrogens is 412 g/mol. The molecule has 7 heteroatoms. The van der Waals surface area contributed by atoms with Crippen LogP contribution in [0.2, 0.25) is 5.28 Å². The Kier molecular flexibility index (Phi) is 7.89. The normalized spacial score (nSPS) is 17.1. The van der Waals surface area contributed by atoms with Crippen molar-refractivity contribution in [3.8, 4) is 11.3 Å². The predicted octanol–water partition coefficient (Wildman–Crippen LogP) is 5.27. The highest BCUT2D eigenvalue weighted by Gasteiger charge is 2.28. The summed E-state index contributed by atoms with van der Waals surface area (Å²) < 4.78 is 5.57. The van der Waals surface area contributed by atoms with Crippen LogP contribution in [0, 0.1) is 5.92 Å². The fraction of sp³-hybridized carbons (Fsp3) is 0.542. The van der Waals surface area contributed by atoms with Crippen molar-refractivity contribution in [1.82, 2.24) is 19.8 Å². The Morgan fingerprint density at radius 1 is 1.32 bits per heavy atom. The number of carbonyl (C=O) groups excluding carboxylic acids is 1. The number of hydrogen-bond acceptors (Lipinski definition) is 5. The van der Waals surface area contributed by atoms with Crippen LogP contribution in [-0.2, 0) is 11.3 Å². The van der Waals surface area contributed by atoms with Gasteiger partial charge in [-0.1, -0.05) is 25.1 Å². The lowest BCUT2D eigenvalue weighted by Crippen LogP contribution is -2.45. The van der Waals surface area contributed by atoms with Gasteiger partial charge >= 0.3 is 6.09 Å². The maximum atomic E-state index is 12.5. The summed E-state index contributed by atoms with van der Waals surface area (Å²) >= 11 is 5.95. The Morgan fingerprint density at radius 2 is 2.13 bits per heavy atom. The zero-order valence-corrected chi connectivity index (χ0v) is 19.7. The molecule has 1 saturated heterocycles. The summed E-state index contributed by atoms with van der Waals surface area (Å²) in [5, 5.41) is 0.255. The number of amides is 1. The summed E-state index contributed by atoms with van der Waals surface area (Å²) in [6, 6.07) is 10.3. The van der Waals surface area contributed by atoms with Gasteiger partial charge in [0.05, 0.1) is 5.69 Å². The molecule has 31 heavy (non-hydrogen) atoms. The van der Waals surface area contributed by atoms with E-state index in [0.29, 0.717) is 5.92 Å². The molecule has 0 aliphatic carbocycles. The number of piperidine rings is 1. The average molecular weight is 445 g/mol. The quantitative estimate of drug-likeness (QED) is 0.568. The number of rotatable bonds is 6. The SMILES string of the molecule is CCN(Cc1cccc(-c2ccnc(Cl)n2)c1)CC1CCCN(C(=O)OC(C)(C)C)C1. The summed E-state index contributed by atoms with van der Waals surface area (Å²) in [5.41, 5.74) is 2.63. The zero-order valence-electron chi connectivity index (χ0n) is 19.0. The summed E-state index contributed by atoms with van der Waals surface area (Å²) in [6.45, 7) is 12.2. The average Bonchev–Trinajstić information content (AvgIpc) is 2.72. The third-order valence-electron chi connectivity index (χ3n) is 5.39. The molecule has 1 aromatic carbocycles. The number of nitrogens with zero attached hydrogens (tertiary/aromatic N) is 4. The van der Waals surface area contributed by atoms with Crippen LogP contribution in [0.4, 0.5) is 4.79 Å². The third-order valence-corrected chi connectivity index (χ3v) is 5.57. The number of likely N-dealkylation sites (tertiary alicyclic amines) is 1. The maximum absolute atomic E-state index is 12.5. The van der Waals surface area contributed by atoms with Crippen molar-refractivity contribution in [3.63, 3.8) is 0 Å². The molecule has 0 bridgehead atoms. The lowest BCUT2D eigenvalue weighted by molar-refractivity contribution is 0.0143. The van der Waals surface area contributed by atoms with Crippen LogP contribution in [0.15, 0.2) is 36.5 Å². The van der Waals surface area contributed by atoms with Gasteiger partial charge in [-0.25, -0.2) is 14.8 Å². The van der Waals surface area contributed by atoms with E-state index in [0.717, 1.165) is 56.8 Å². The highest BCUT2D eigenvalue weighted by Crippen LogP contribution is 2.23. The molecule has 2 aromatic rings. The molecule has 2 heterocycles. The van der Waals surface area contributed by atoms with Gasteiger partial charge in [0.25, 0.3) is 0 Å². The molecule has 0 N–H and O–H groups in total. The molecule has 0 radical (unpaired) electrons. The maximum Gasteiger partial charge on any atom is 0.410 e. The topological polar surface area (TPSA) is 58.6 Å². The van der Waals surface area contributed by atoms with Gasteiger partial charge in [-0.15, -0.1) is 0 Å². The lowest BCUT2D eigenvalue weighted by Gasteiger charge is -2.36. The van der Waals surface area contributed by atoms with Crippen LogP contribution in [0.25, 0.3) is 11.3 Å². The highest BCUT2D eigenvalue weighted by molar-refractivity contribution is 6.28. The summed E-state index contributed by atoms with van der Waals surface area (Å²) in [7, 11) is 0. The van der Waals surface area contributed by atoms with E-state index in [-0.39, 0.29) is 11.4 Å². The van der Waals surface area contributed by atoms with Crippen LogP contribution in [0.5, 0.6) is 0 Å². The van der Waals surface area contributed by atoms with E-state index in [1.165, 1.54) is 5.56 Å². The summed E-state index contributed by atoms with van der Waals surface area (Å²) in [4.78, 5) is 25.1. The first-order valence-corrected chi connectivity index (χ1v) is 11.4. The number of ether oxygens (including phenoxy) is 1. The Balaban J connectivity index is 1.61. The van der Waals surface area contributed by atoms with Gasteiger partial charge < -0.3 is 9.64 Å². The fourth-order valence-corrected chi connectivity index (χ4v) is 4.11. The van der Waals surface area contributed by atoms with Crippen molar-refractivity contribution in [2.45, 2.75) is 52.7 Å². The number of hydrogen-bond donors (Lipinski definition) is 0. The molecule has 3 rings (SSSR count). The molecule has 0 saturated carbocycles. The van der Waals surface area contributed by atoms with E-state index in [4.69, 9.17) is 16.3 Å². The van der Waals surface area contributed by atoms with Crippen LogP contribution in [0.1, 0.15) is 46.1 Å². The molecule has 0 spiro atoms.